The van der Waals surface area contributed by atoms with Crippen molar-refractivity contribution in [3.8, 4) is 0 Å². The Balaban J connectivity index is 1.76. The number of halogens is 1. The molecule has 1 aromatic rings. The lowest BCUT2D eigenvalue weighted by Gasteiger charge is -2.34. The summed E-state index contributed by atoms with van der Waals surface area (Å²) in [7, 11) is 0. The summed E-state index contributed by atoms with van der Waals surface area (Å²) in [6, 6.07) is 2.06. The van der Waals surface area contributed by atoms with Gasteiger partial charge in [0.15, 0.2) is 0 Å². The molecule has 1 unspecified atom stereocenters. The minimum atomic E-state index is -0.435. The molecule has 1 saturated heterocycles. The van der Waals surface area contributed by atoms with E-state index >= 15 is 0 Å². The molecule has 0 spiro atoms. The monoisotopic (exact) mass is 383 g/mol. The number of likely N-dealkylation sites (tertiary alicyclic amines) is 1. The molecule has 0 aliphatic carbocycles. The fourth-order valence-electron chi connectivity index (χ4n) is 2.70. The number of piperidine rings is 1. The van der Waals surface area contributed by atoms with Crippen LogP contribution in [0.4, 0.5) is 4.79 Å². The third-order valence-corrected chi connectivity index (χ3v) is 4.13. The SMILES string of the molecule is CC(C)(C)OC(=O)N1CCCC(CNCc2cncc(Br)c2)C1. The number of amides is 1. The molecule has 23 heavy (non-hydrogen) atoms. The molecule has 0 aromatic carbocycles. The van der Waals surface area contributed by atoms with Gasteiger partial charge in [-0.15, -0.1) is 0 Å². The van der Waals surface area contributed by atoms with Crippen LogP contribution in [-0.4, -0.2) is 41.2 Å². The number of ether oxygens (including phenoxy) is 1. The number of pyridine rings is 1. The lowest BCUT2D eigenvalue weighted by Crippen LogP contribution is -2.45. The molecule has 1 N–H and O–H groups in total. The van der Waals surface area contributed by atoms with Gasteiger partial charge >= 0.3 is 6.09 Å². The van der Waals surface area contributed by atoms with Crippen molar-refractivity contribution in [2.45, 2.75) is 45.8 Å². The molecule has 6 heteroatoms. The van der Waals surface area contributed by atoms with E-state index in [0.717, 1.165) is 49.1 Å². The molecule has 5 nitrogen and oxygen atoms in total. The van der Waals surface area contributed by atoms with Gasteiger partial charge in [0.05, 0.1) is 0 Å². The predicted molar refractivity (Wildman–Crippen MR) is 94.2 cm³/mol. The molecule has 1 fully saturated rings. The summed E-state index contributed by atoms with van der Waals surface area (Å²) in [5.41, 5.74) is 0.717. The molecule has 0 bridgehead atoms. The Morgan fingerprint density at radius 3 is 2.96 bits per heavy atom. The van der Waals surface area contributed by atoms with E-state index < -0.39 is 5.60 Å². The van der Waals surface area contributed by atoms with E-state index in [9.17, 15) is 4.79 Å². The van der Waals surface area contributed by atoms with Crippen LogP contribution in [0, 0.1) is 5.92 Å². The molecule has 2 heterocycles. The number of carbonyl (C=O) groups excluding carboxylic acids is 1. The largest absolute Gasteiger partial charge is 0.444 e. The van der Waals surface area contributed by atoms with Gasteiger partial charge in [-0.05, 0) is 73.6 Å². The zero-order valence-corrected chi connectivity index (χ0v) is 15.7. The quantitative estimate of drug-likeness (QED) is 0.862. The van der Waals surface area contributed by atoms with E-state index in [1.165, 1.54) is 0 Å². The lowest BCUT2D eigenvalue weighted by molar-refractivity contribution is 0.0166. The number of rotatable bonds is 4. The Bertz CT molecular complexity index is 531. The first-order valence-electron chi connectivity index (χ1n) is 8.11. The first kappa shape index (κ1) is 18.2. The maximum absolute atomic E-state index is 12.2. The third kappa shape index (κ3) is 6.47. The van der Waals surface area contributed by atoms with Gasteiger partial charge in [-0.3, -0.25) is 4.98 Å². The molecule has 2 rings (SSSR count). The van der Waals surface area contributed by atoms with E-state index in [4.69, 9.17) is 4.74 Å². The second-order valence-electron chi connectivity index (χ2n) is 7.08. The van der Waals surface area contributed by atoms with Crippen LogP contribution >= 0.6 is 15.9 Å². The highest BCUT2D eigenvalue weighted by Gasteiger charge is 2.27. The van der Waals surface area contributed by atoms with E-state index in [-0.39, 0.29) is 6.09 Å². The van der Waals surface area contributed by atoms with Crippen LogP contribution < -0.4 is 5.32 Å². The highest BCUT2D eigenvalue weighted by molar-refractivity contribution is 9.10. The van der Waals surface area contributed by atoms with Crippen molar-refractivity contribution in [2.75, 3.05) is 19.6 Å². The predicted octanol–water partition coefficient (Wildman–Crippen LogP) is 3.58. The second-order valence-corrected chi connectivity index (χ2v) is 7.99. The number of nitrogens with zero attached hydrogens (tertiary/aromatic N) is 2. The van der Waals surface area contributed by atoms with Crippen LogP contribution in [-0.2, 0) is 11.3 Å². The molecule has 1 aromatic heterocycles. The van der Waals surface area contributed by atoms with E-state index in [2.05, 4.69) is 32.3 Å². The van der Waals surface area contributed by atoms with Crippen LogP contribution in [0.5, 0.6) is 0 Å². The molecule has 1 aliphatic rings. The summed E-state index contributed by atoms with van der Waals surface area (Å²) in [5.74, 6) is 0.469. The van der Waals surface area contributed by atoms with Gasteiger partial charge in [0.2, 0.25) is 0 Å². The first-order chi connectivity index (χ1) is 10.8. The van der Waals surface area contributed by atoms with Crippen LogP contribution in [0.15, 0.2) is 22.9 Å². The highest BCUT2D eigenvalue weighted by atomic mass is 79.9. The van der Waals surface area contributed by atoms with Gasteiger partial charge in [-0.2, -0.15) is 0 Å². The van der Waals surface area contributed by atoms with Crippen molar-refractivity contribution >= 4 is 22.0 Å². The van der Waals surface area contributed by atoms with Gasteiger partial charge in [0.1, 0.15) is 5.60 Å². The summed E-state index contributed by atoms with van der Waals surface area (Å²) in [6.45, 7) is 8.94. The van der Waals surface area contributed by atoms with Crippen molar-refractivity contribution in [1.29, 1.82) is 0 Å². The van der Waals surface area contributed by atoms with Gasteiger partial charge in [-0.1, -0.05) is 0 Å². The Kier molecular flexibility index (Phi) is 6.41. The standard InChI is InChI=1S/C17H26BrN3O2/c1-17(2,3)23-16(22)21-6-4-5-13(12-21)8-19-9-14-7-15(18)11-20-10-14/h7,10-11,13,19H,4-6,8-9,12H2,1-3H3. The number of hydrogen-bond donors (Lipinski definition) is 1. The topological polar surface area (TPSA) is 54.5 Å². The van der Waals surface area contributed by atoms with Crippen molar-refractivity contribution in [3.63, 3.8) is 0 Å². The maximum Gasteiger partial charge on any atom is 0.410 e. The third-order valence-electron chi connectivity index (χ3n) is 3.69. The van der Waals surface area contributed by atoms with Crippen LogP contribution in [0.2, 0.25) is 0 Å². The second kappa shape index (κ2) is 8.11. The zero-order valence-electron chi connectivity index (χ0n) is 14.1. The maximum atomic E-state index is 12.2. The fourth-order valence-corrected chi connectivity index (χ4v) is 3.11. The van der Waals surface area contributed by atoms with E-state index in [0.29, 0.717) is 5.92 Å². The van der Waals surface area contributed by atoms with E-state index in [1.807, 2.05) is 31.9 Å². The van der Waals surface area contributed by atoms with Crippen molar-refractivity contribution in [3.05, 3.63) is 28.5 Å². The average molecular weight is 384 g/mol. The van der Waals surface area contributed by atoms with Crippen LogP contribution in [0.1, 0.15) is 39.2 Å². The molecular formula is C17H26BrN3O2. The summed E-state index contributed by atoms with van der Waals surface area (Å²) < 4.78 is 6.46. The Labute approximate surface area is 146 Å². The molecule has 0 radical (unpaired) electrons. The molecular weight excluding hydrogens is 358 g/mol. The Morgan fingerprint density at radius 2 is 2.26 bits per heavy atom. The van der Waals surface area contributed by atoms with Crippen LogP contribution in [0.25, 0.3) is 0 Å². The first-order valence-corrected chi connectivity index (χ1v) is 8.91. The van der Waals surface area contributed by atoms with Crippen molar-refractivity contribution < 1.29 is 9.53 Å². The molecule has 1 amide bonds. The summed E-state index contributed by atoms with van der Waals surface area (Å²) in [4.78, 5) is 18.2. The van der Waals surface area contributed by atoms with Gasteiger partial charge in [0.25, 0.3) is 0 Å². The van der Waals surface area contributed by atoms with E-state index in [1.54, 1.807) is 6.20 Å². The summed E-state index contributed by atoms with van der Waals surface area (Å²) in [6.07, 6.45) is 5.63. The number of hydrogen-bond acceptors (Lipinski definition) is 4. The van der Waals surface area contributed by atoms with Gasteiger partial charge in [-0.25, -0.2) is 4.79 Å². The summed E-state index contributed by atoms with van der Waals surface area (Å²) >= 11 is 3.43. The Hall–Kier alpha value is -1.14. The molecule has 1 aliphatic heterocycles. The van der Waals surface area contributed by atoms with Crippen LogP contribution in [0.3, 0.4) is 0 Å². The normalized spacial score (nSPS) is 18.8. The molecule has 0 saturated carbocycles. The highest BCUT2D eigenvalue weighted by Crippen LogP contribution is 2.19. The molecule has 128 valence electrons. The lowest BCUT2D eigenvalue weighted by atomic mass is 9.98. The number of aromatic nitrogens is 1. The average Bonchev–Trinajstić information content (AvgIpc) is 2.46. The minimum absolute atomic E-state index is 0.196. The summed E-state index contributed by atoms with van der Waals surface area (Å²) in [5, 5.41) is 3.47. The Morgan fingerprint density at radius 1 is 1.48 bits per heavy atom. The molecule has 1 atom stereocenters. The fraction of sp³-hybridized carbons (Fsp3) is 0.647. The minimum Gasteiger partial charge on any atom is -0.444 e. The van der Waals surface area contributed by atoms with Gasteiger partial charge in [0, 0.05) is 36.5 Å². The zero-order chi connectivity index (χ0) is 16.9. The van der Waals surface area contributed by atoms with Crippen molar-refractivity contribution in [1.82, 2.24) is 15.2 Å². The van der Waals surface area contributed by atoms with Crippen molar-refractivity contribution in [2.24, 2.45) is 5.92 Å². The van der Waals surface area contributed by atoms with Gasteiger partial charge < -0.3 is 15.0 Å². The number of nitrogens with one attached hydrogen (secondary N) is 1. The smallest absolute Gasteiger partial charge is 0.410 e. The number of carbonyl (C=O) groups is 1.